The smallest absolute Gasteiger partial charge is 0.293 e. The Balaban J connectivity index is 1.79. The summed E-state index contributed by atoms with van der Waals surface area (Å²) in [6.07, 6.45) is 3.16. The molecule has 1 heterocycles. The zero-order chi connectivity index (χ0) is 20.8. The minimum Gasteiger partial charge on any atom is -0.493 e. The molecule has 0 unspecified atom stereocenters. The highest BCUT2D eigenvalue weighted by Crippen LogP contribution is 2.34. The monoisotopic (exact) mass is 406 g/mol. The van der Waals surface area contributed by atoms with E-state index in [9.17, 15) is 14.9 Å². The summed E-state index contributed by atoms with van der Waals surface area (Å²) in [6, 6.07) is 14.6. The molecule has 0 aliphatic carbocycles. The molecular formula is C22H18N2O4S. The van der Waals surface area contributed by atoms with Gasteiger partial charge in [-0.1, -0.05) is 30.3 Å². The van der Waals surface area contributed by atoms with Gasteiger partial charge in [-0.2, -0.15) is 5.26 Å². The van der Waals surface area contributed by atoms with Gasteiger partial charge in [0.25, 0.3) is 11.1 Å². The van der Waals surface area contributed by atoms with Crippen molar-refractivity contribution in [2.75, 3.05) is 13.7 Å². The SMILES string of the molecule is C=CCN1C(=O)S/C(=C/c2ccc(OCc3ccccc3C#N)c(OC)c2)C1=O. The second-order valence-electron chi connectivity index (χ2n) is 6.05. The molecule has 0 bridgehead atoms. The van der Waals surface area contributed by atoms with E-state index in [0.717, 1.165) is 22.2 Å². The van der Waals surface area contributed by atoms with Gasteiger partial charge in [-0.25, -0.2) is 0 Å². The van der Waals surface area contributed by atoms with E-state index in [1.165, 1.54) is 13.2 Å². The number of nitriles is 1. The summed E-state index contributed by atoms with van der Waals surface area (Å²) in [5.41, 5.74) is 2.03. The molecule has 0 spiro atoms. The van der Waals surface area contributed by atoms with Gasteiger partial charge in [-0.15, -0.1) is 6.58 Å². The summed E-state index contributed by atoms with van der Waals surface area (Å²) in [5, 5.41) is 8.87. The van der Waals surface area contributed by atoms with Crippen LogP contribution in [-0.2, 0) is 11.4 Å². The van der Waals surface area contributed by atoms with Crippen LogP contribution in [0.2, 0.25) is 0 Å². The van der Waals surface area contributed by atoms with Crippen molar-refractivity contribution in [2.45, 2.75) is 6.61 Å². The maximum atomic E-state index is 12.3. The Hall–Kier alpha value is -3.50. The van der Waals surface area contributed by atoms with Gasteiger partial charge >= 0.3 is 0 Å². The molecule has 29 heavy (non-hydrogen) atoms. The number of imide groups is 1. The summed E-state index contributed by atoms with van der Waals surface area (Å²) in [7, 11) is 1.52. The number of thioether (sulfide) groups is 1. The molecule has 0 atom stereocenters. The maximum Gasteiger partial charge on any atom is 0.293 e. The molecule has 6 nitrogen and oxygen atoms in total. The number of hydrogen-bond acceptors (Lipinski definition) is 6. The third kappa shape index (κ3) is 4.50. The van der Waals surface area contributed by atoms with E-state index in [4.69, 9.17) is 9.47 Å². The Morgan fingerprint density at radius 3 is 2.72 bits per heavy atom. The summed E-state index contributed by atoms with van der Waals surface area (Å²) in [6.45, 7) is 3.97. The van der Waals surface area contributed by atoms with Crippen LogP contribution >= 0.6 is 11.8 Å². The van der Waals surface area contributed by atoms with E-state index in [0.29, 0.717) is 27.5 Å². The van der Waals surface area contributed by atoms with Crippen LogP contribution in [0.1, 0.15) is 16.7 Å². The number of amides is 2. The average molecular weight is 406 g/mol. The molecule has 146 valence electrons. The molecule has 2 aromatic carbocycles. The lowest BCUT2D eigenvalue weighted by Crippen LogP contribution is -2.27. The van der Waals surface area contributed by atoms with Gasteiger partial charge in [0.15, 0.2) is 11.5 Å². The predicted octanol–water partition coefficient (Wildman–Crippen LogP) is 4.37. The Labute approximate surface area is 173 Å². The van der Waals surface area contributed by atoms with Crippen molar-refractivity contribution in [3.05, 3.63) is 76.7 Å². The van der Waals surface area contributed by atoms with Crippen molar-refractivity contribution in [2.24, 2.45) is 0 Å². The first-order valence-corrected chi connectivity index (χ1v) is 9.54. The first-order chi connectivity index (χ1) is 14.1. The lowest BCUT2D eigenvalue weighted by molar-refractivity contribution is -0.122. The first kappa shape index (κ1) is 20.2. The van der Waals surface area contributed by atoms with E-state index < -0.39 is 0 Å². The van der Waals surface area contributed by atoms with Gasteiger partial charge in [0.1, 0.15) is 6.61 Å². The van der Waals surface area contributed by atoms with Crippen molar-refractivity contribution < 1.29 is 19.1 Å². The van der Waals surface area contributed by atoms with E-state index in [1.807, 2.05) is 12.1 Å². The minimum absolute atomic E-state index is 0.183. The topological polar surface area (TPSA) is 79.6 Å². The molecule has 1 aliphatic heterocycles. The van der Waals surface area contributed by atoms with Gasteiger partial charge < -0.3 is 9.47 Å². The lowest BCUT2D eigenvalue weighted by Gasteiger charge is -2.12. The first-order valence-electron chi connectivity index (χ1n) is 8.72. The molecule has 0 aromatic heterocycles. The number of hydrogen-bond donors (Lipinski definition) is 0. The molecule has 2 amide bonds. The third-order valence-corrected chi connectivity index (χ3v) is 5.10. The largest absolute Gasteiger partial charge is 0.493 e. The predicted molar refractivity (Wildman–Crippen MR) is 111 cm³/mol. The number of ether oxygens (including phenoxy) is 2. The van der Waals surface area contributed by atoms with Crippen LogP contribution in [-0.4, -0.2) is 29.7 Å². The van der Waals surface area contributed by atoms with Gasteiger partial charge in [0.2, 0.25) is 0 Å². The Kier molecular flexibility index (Phi) is 6.37. The van der Waals surface area contributed by atoms with Gasteiger partial charge in [0.05, 0.1) is 23.6 Å². The zero-order valence-electron chi connectivity index (χ0n) is 15.8. The molecule has 7 heteroatoms. The quantitative estimate of drug-likeness (QED) is 0.502. The van der Waals surface area contributed by atoms with Crippen molar-refractivity contribution >= 4 is 29.0 Å². The number of carbonyl (C=O) groups excluding carboxylic acids is 2. The lowest BCUT2D eigenvalue weighted by atomic mass is 10.1. The highest BCUT2D eigenvalue weighted by molar-refractivity contribution is 8.18. The molecule has 0 radical (unpaired) electrons. The zero-order valence-corrected chi connectivity index (χ0v) is 16.6. The number of carbonyl (C=O) groups is 2. The Bertz CT molecular complexity index is 1040. The molecule has 1 fully saturated rings. The van der Waals surface area contributed by atoms with Crippen LogP contribution in [0.4, 0.5) is 4.79 Å². The molecule has 0 saturated carbocycles. The normalized spacial score (nSPS) is 14.8. The Morgan fingerprint density at radius 1 is 1.21 bits per heavy atom. The summed E-state index contributed by atoms with van der Waals surface area (Å²) >= 11 is 0.894. The van der Waals surface area contributed by atoms with Crippen LogP contribution in [0, 0.1) is 11.3 Å². The fourth-order valence-corrected chi connectivity index (χ4v) is 3.59. The average Bonchev–Trinajstić information content (AvgIpc) is 3.00. The standard InChI is InChI=1S/C22H18N2O4S/c1-3-10-24-21(25)20(29-22(24)26)12-15-8-9-18(19(11-15)27-2)28-14-17-7-5-4-6-16(17)13-23/h3-9,11-12H,1,10,14H2,2H3/b20-12+. The van der Waals surface area contributed by atoms with E-state index in [-0.39, 0.29) is 24.3 Å². The molecule has 2 aromatic rings. The van der Waals surface area contributed by atoms with Crippen LogP contribution in [0.5, 0.6) is 11.5 Å². The fourth-order valence-electron chi connectivity index (χ4n) is 2.74. The Morgan fingerprint density at radius 2 is 2.00 bits per heavy atom. The molecular weight excluding hydrogens is 388 g/mol. The van der Waals surface area contributed by atoms with E-state index in [1.54, 1.807) is 36.4 Å². The summed E-state index contributed by atoms with van der Waals surface area (Å²) in [4.78, 5) is 25.8. The number of rotatable bonds is 7. The van der Waals surface area contributed by atoms with Gasteiger partial charge in [0, 0.05) is 12.1 Å². The third-order valence-electron chi connectivity index (χ3n) is 4.19. The minimum atomic E-state index is -0.340. The van der Waals surface area contributed by atoms with Crippen LogP contribution in [0.3, 0.4) is 0 Å². The second-order valence-corrected chi connectivity index (χ2v) is 7.04. The highest BCUT2D eigenvalue weighted by atomic mass is 32.2. The number of methoxy groups -OCH3 is 1. The van der Waals surface area contributed by atoms with Crippen molar-refractivity contribution in [1.29, 1.82) is 5.26 Å². The molecule has 3 rings (SSSR count). The van der Waals surface area contributed by atoms with E-state index >= 15 is 0 Å². The van der Waals surface area contributed by atoms with Crippen LogP contribution in [0.15, 0.2) is 60.0 Å². The molecule has 0 N–H and O–H groups in total. The molecule has 1 aliphatic rings. The van der Waals surface area contributed by atoms with E-state index in [2.05, 4.69) is 12.6 Å². The van der Waals surface area contributed by atoms with Gasteiger partial charge in [-0.05, 0) is 41.6 Å². The maximum absolute atomic E-state index is 12.3. The summed E-state index contributed by atoms with van der Waals surface area (Å²) < 4.78 is 11.2. The number of nitrogens with zero attached hydrogens (tertiary/aromatic N) is 2. The summed E-state index contributed by atoms with van der Waals surface area (Å²) in [5.74, 6) is 0.656. The van der Waals surface area contributed by atoms with Crippen molar-refractivity contribution in [1.82, 2.24) is 4.90 Å². The van der Waals surface area contributed by atoms with Gasteiger partial charge in [-0.3, -0.25) is 14.5 Å². The number of benzene rings is 2. The fraction of sp³-hybridized carbons (Fsp3) is 0.136. The highest BCUT2D eigenvalue weighted by Gasteiger charge is 2.34. The second kappa shape index (κ2) is 9.13. The van der Waals surface area contributed by atoms with Crippen molar-refractivity contribution in [3.8, 4) is 17.6 Å². The molecule has 1 saturated heterocycles. The van der Waals surface area contributed by atoms with Crippen LogP contribution in [0.25, 0.3) is 6.08 Å². The van der Waals surface area contributed by atoms with Crippen molar-refractivity contribution in [3.63, 3.8) is 0 Å². The van der Waals surface area contributed by atoms with Crippen LogP contribution < -0.4 is 9.47 Å².